The van der Waals surface area contributed by atoms with Crippen molar-refractivity contribution in [3.05, 3.63) is 51.6 Å². The van der Waals surface area contributed by atoms with E-state index < -0.39 is 112 Å². The highest BCUT2D eigenvalue weighted by Crippen LogP contribution is 2.57. The zero-order valence-electron chi connectivity index (χ0n) is 23.0. The quantitative estimate of drug-likeness (QED) is 0.181. The maximum absolute atomic E-state index is 13.6. The van der Waals surface area contributed by atoms with Crippen LogP contribution in [0.5, 0.6) is 17.2 Å². The van der Waals surface area contributed by atoms with Gasteiger partial charge in [0.05, 0.1) is 47.7 Å². The summed E-state index contributed by atoms with van der Waals surface area (Å²) in [5, 5.41) is 55.7. The van der Waals surface area contributed by atoms with Gasteiger partial charge in [0.15, 0.2) is 12.1 Å². The van der Waals surface area contributed by atoms with Crippen LogP contribution < -0.4 is 5.73 Å². The maximum Gasteiger partial charge on any atom is 0.316 e. The van der Waals surface area contributed by atoms with E-state index in [2.05, 4.69) is 0 Å². The molecule has 5 unspecified atom stereocenters. The Bertz CT molecular complexity index is 1510. The van der Waals surface area contributed by atoms with E-state index in [9.17, 15) is 44.7 Å². The van der Waals surface area contributed by atoms with Crippen molar-refractivity contribution in [2.24, 2.45) is 5.73 Å². The van der Waals surface area contributed by atoms with Crippen molar-refractivity contribution in [1.82, 2.24) is 0 Å². The van der Waals surface area contributed by atoms with E-state index in [-0.39, 0.29) is 23.1 Å². The number of ether oxygens (including phenoxy) is 3. The van der Waals surface area contributed by atoms with Gasteiger partial charge in [0, 0.05) is 42.0 Å². The minimum absolute atomic E-state index is 0.0285. The first-order valence-corrected chi connectivity index (χ1v) is 13.3. The van der Waals surface area contributed by atoms with Crippen LogP contribution >= 0.6 is 0 Å². The van der Waals surface area contributed by atoms with E-state index in [1.165, 1.54) is 25.1 Å². The molecule has 2 aromatic carbocycles. The van der Waals surface area contributed by atoms with Crippen molar-refractivity contribution in [2.45, 2.75) is 75.3 Å². The van der Waals surface area contributed by atoms with Gasteiger partial charge in [-0.1, -0.05) is 12.1 Å². The Morgan fingerprint density at radius 3 is 2.33 bits per heavy atom. The molecule has 0 saturated carbocycles. The lowest BCUT2D eigenvalue weighted by Gasteiger charge is -2.45. The van der Waals surface area contributed by atoms with Gasteiger partial charge in [-0.3, -0.25) is 19.2 Å². The van der Waals surface area contributed by atoms with Crippen molar-refractivity contribution in [3.63, 3.8) is 0 Å². The zero-order chi connectivity index (χ0) is 30.8. The molecule has 13 nitrogen and oxygen atoms in total. The van der Waals surface area contributed by atoms with Crippen LogP contribution in [0.15, 0.2) is 18.2 Å². The molecule has 2 aliphatic carbocycles. The average molecular weight is 586 g/mol. The summed E-state index contributed by atoms with van der Waals surface area (Å²) in [5.41, 5.74) is 1.09. The average Bonchev–Trinajstić information content (AvgIpc) is 2.90. The van der Waals surface area contributed by atoms with Crippen LogP contribution in [0, 0.1) is 0 Å². The second kappa shape index (κ2) is 10.4. The number of aromatic hydroxyl groups is 3. The molecule has 224 valence electrons. The molecule has 1 fully saturated rings. The number of aliphatic hydroxyl groups excluding tert-OH is 1. The first-order chi connectivity index (χ1) is 19.7. The molecular formula is C29H31NO12. The van der Waals surface area contributed by atoms with E-state index in [1.807, 2.05) is 0 Å². The summed E-state index contributed by atoms with van der Waals surface area (Å²) >= 11 is 0. The molecule has 3 aliphatic rings. The molecule has 42 heavy (non-hydrogen) atoms. The minimum Gasteiger partial charge on any atom is -0.507 e. The molecule has 0 spiro atoms. The Morgan fingerprint density at radius 1 is 1.07 bits per heavy atom. The summed E-state index contributed by atoms with van der Waals surface area (Å²) in [6.07, 6.45) is -5.47. The molecule has 0 amide bonds. The van der Waals surface area contributed by atoms with E-state index >= 15 is 0 Å². The fourth-order valence-electron chi connectivity index (χ4n) is 6.39. The van der Waals surface area contributed by atoms with Crippen LogP contribution in [0.25, 0.3) is 0 Å². The van der Waals surface area contributed by atoms with Crippen LogP contribution in [0.4, 0.5) is 0 Å². The van der Waals surface area contributed by atoms with Crippen LogP contribution in [0.3, 0.4) is 0 Å². The summed E-state index contributed by atoms with van der Waals surface area (Å²) in [7, 11) is 1.02. The molecule has 0 bridgehead atoms. The summed E-state index contributed by atoms with van der Waals surface area (Å²) in [4.78, 5) is 52.7. The number of phenolic OH excluding ortho intramolecular Hbond substituents is 3. The third-order valence-electron chi connectivity index (χ3n) is 8.24. The monoisotopic (exact) mass is 585 g/mol. The standard InChI is InChI=1S/C29H31NO12/c1-10(31)8-29(39)9-15(42-16-7-13(30)23(33)11(2)41-16)18-19(22(29)28(38)40-3)27(37)20-21(26(18)36)25(35)17-12(24(20)34)5-4-6-14(17)32/h4-6,11,13,15-16,22-23,32-33,36-37,39H,7-9,30H2,1-3H3/t11?,13?,15-,16?,22?,23?,29+/m0/s1. The molecule has 7 atom stereocenters. The number of benzene rings is 2. The predicted molar refractivity (Wildman–Crippen MR) is 141 cm³/mol. The Morgan fingerprint density at radius 2 is 1.71 bits per heavy atom. The highest BCUT2D eigenvalue weighted by molar-refractivity contribution is 6.31. The lowest BCUT2D eigenvalue weighted by Crippen LogP contribution is -2.53. The normalized spacial score (nSPS) is 30.2. The number of rotatable bonds is 5. The number of esters is 1. The fraction of sp³-hybridized carbons (Fsp3) is 0.448. The number of aliphatic hydroxyl groups is 2. The molecule has 0 radical (unpaired) electrons. The topological polar surface area (TPSA) is 223 Å². The third-order valence-corrected chi connectivity index (χ3v) is 8.24. The van der Waals surface area contributed by atoms with Gasteiger partial charge in [-0.25, -0.2) is 0 Å². The number of hydrogen-bond acceptors (Lipinski definition) is 13. The molecule has 7 N–H and O–H groups in total. The smallest absolute Gasteiger partial charge is 0.316 e. The van der Waals surface area contributed by atoms with Gasteiger partial charge < -0.3 is 45.5 Å². The molecule has 0 aromatic heterocycles. The number of nitrogens with two attached hydrogens (primary N) is 1. The van der Waals surface area contributed by atoms with Gasteiger partial charge in [0.25, 0.3) is 0 Å². The van der Waals surface area contributed by atoms with E-state index in [0.29, 0.717) is 0 Å². The third kappa shape index (κ3) is 4.44. The number of carbonyl (C=O) groups excluding carboxylic acids is 4. The van der Waals surface area contributed by atoms with Gasteiger partial charge in [-0.15, -0.1) is 0 Å². The Kier molecular flexibility index (Phi) is 7.36. The first-order valence-electron chi connectivity index (χ1n) is 13.3. The Balaban J connectivity index is 1.77. The highest BCUT2D eigenvalue weighted by Gasteiger charge is 2.56. The van der Waals surface area contributed by atoms with Gasteiger partial charge in [0.2, 0.25) is 5.78 Å². The van der Waals surface area contributed by atoms with Gasteiger partial charge in [0.1, 0.15) is 28.9 Å². The van der Waals surface area contributed by atoms with Gasteiger partial charge >= 0.3 is 5.97 Å². The lowest BCUT2D eigenvalue weighted by molar-refractivity contribution is -0.248. The van der Waals surface area contributed by atoms with Crippen LogP contribution in [0.1, 0.15) is 88.1 Å². The van der Waals surface area contributed by atoms with Crippen molar-refractivity contribution in [3.8, 4) is 17.2 Å². The first kappa shape index (κ1) is 29.6. The maximum atomic E-state index is 13.6. The SMILES string of the molecule is COC(=O)C1c2c(O)c3c(c(O)c2[C@@H](OC2CC(N)C(O)C(C)O2)C[C@]1(O)CC(C)=O)C(=O)c1c(O)cccc1C3=O. The van der Waals surface area contributed by atoms with E-state index in [0.717, 1.165) is 7.11 Å². The van der Waals surface area contributed by atoms with Gasteiger partial charge in [-0.2, -0.15) is 0 Å². The van der Waals surface area contributed by atoms with E-state index in [1.54, 1.807) is 6.92 Å². The highest BCUT2D eigenvalue weighted by atomic mass is 16.7. The number of fused-ring (bicyclic) bond motifs is 3. The molecular weight excluding hydrogens is 554 g/mol. The van der Waals surface area contributed by atoms with Crippen LogP contribution in [-0.4, -0.2) is 86.1 Å². The Hall–Kier alpha value is -3.88. The lowest BCUT2D eigenvalue weighted by atomic mass is 9.66. The largest absolute Gasteiger partial charge is 0.507 e. The molecule has 1 heterocycles. The predicted octanol–water partition coefficient (Wildman–Crippen LogP) is 0.830. The number of Topliss-reactive ketones (excluding diaryl/α,β-unsaturated/α-hetero) is 1. The van der Waals surface area contributed by atoms with E-state index in [4.69, 9.17) is 19.9 Å². The van der Waals surface area contributed by atoms with Crippen molar-refractivity contribution >= 4 is 23.3 Å². The summed E-state index contributed by atoms with van der Waals surface area (Å²) in [6, 6.07) is 2.98. The summed E-state index contributed by atoms with van der Waals surface area (Å²) in [6.45, 7) is 2.74. The molecule has 13 heteroatoms. The molecule has 1 saturated heterocycles. The Labute approximate surface area is 239 Å². The number of ketones is 3. The second-order valence-electron chi connectivity index (χ2n) is 11.1. The number of hydrogen-bond donors (Lipinski definition) is 6. The zero-order valence-corrected chi connectivity index (χ0v) is 23.0. The number of methoxy groups -OCH3 is 1. The van der Waals surface area contributed by atoms with Crippen molar-refractivity contribution < 1.29 is 58.9 Å². The van der Waals surface area contributed by atoms with Crippen molar-refractivity contribution in [2.75, 3.05) is 7.11 Å². The summed E-state index contributed by atoms with van der Waals surface area (Å²) < 4.78 is 16.7. The van der Waals surface area contributed by atoms with Crippen molar-refractivity contribution in [1.29, 1.82) is 0 Å². The summed E-state index contributed by atoms with van der Waals surface area (Å²) in [5.74, 6) is -7.58. The second-order valence-corrected chi connectivity index (χ2v) is 11.1. The minimum atomic E-state index is -2.24. The fourth-order valence-corrected chi connectivity index (χ4v) is 6.39. The molecule has 2 aromatic rings. The number of phenols is 3. The number of carbonyl (C=O) groups is 4. The molecule has 5 rings (SSSR count). The molecule has 1 aliphatic heterocycles. The van der Waals surface area contributed by atoms with Gasteiger partial charge in [-0.05, 0) is 19.9 Å². The van der Waals surface area contributed by atoms with Crippen LogP contribution in [-0.2, 0) is 23.8 Å². The van der Waals surface area contributed by atoms with Crippen LogP contribution in [0.2, 0.25) is 0 Å².